The van der Waals surface area contributed by atoms with Gasteiger partial charge in [0.15, 0.2) is 0 Å². The summed E-state index contributed by atoms with van der Waals surface area (Å²) in [6, 6.07) is 0. The fourth-order valence-corrected chi connectivity index (χ4v) is 2.85. The van der Waals surface area contributed by atoms with E-state index in [1.807, 2.05) is 0 Å². The third kappa shape index (κ3) is 4.22. The zero-order valence-electron chi connectivity index (χ0n) is 13.1. The van der Waals surface area contributed by atoms with Crippen molar-refractivity contribution in [3.8, 4) is 0 Å². The van der Waals surface area contributed by atoms with E-state index >= 15 is 0 Å². The van der Waals surface area contributed by atoms with Crippen LogP contribution >= 0.6 is 0 Å². The predicted molar refractivity (Wildman–Crippen MR) is 77.7 cm³/mol. The fourth-order valence-electron chi connectivity index (χ4n) is 2.85. The Morgan fingerprint density at radius 2 is 2.06 bits per heavy atom. The molecule has 1 rings (SSSR count). The Balaban J connectivity index is 2.73. The minimum atomic E-state index is -0.0636. The summed E-state index contributed by atoms with van der Waals surface area (Å²) >= 11 is 0. The van der Waals surface area contributed by atoms with Crippen LogP contribution in [0.2, 0.25) is 0 Å². The maximum absolute atomic E-state index is 6.08. The van der Waals surface area contributed by atoms with E-state index in [1.54, 1.807) is 0 Å². The first-order valence-corrected chi connectivity index (χ1v) is 7.31. The summed E-state index contributed by atoms with van der Waals surface area (Å²) in [7, 11) is 0. The number of nitrogens with two attached hydrogens (primary N) is 1. The highest BCUT2D eigenvalue weighted by Gasteiger charge is 2.39. The van der Waals surface area contributed by atoms with Crippen LogP contribution in [-0.4, -0.2) is 41.8 Å². The number of rotatable bonds is 5. The van der Waals surface area contributed by atoms with Crippen LogP contribution in [0.5, 0.6) is 0 Å². The zero-order valence-corrected chi connectivity index (χ0v) is 13.1. The first-order chi connectivity index (χ1) is 8.18. The van der Waals surface area contributed by atoms with Gasteiger partial charge in [-0.2, -0.15) is 0 Å². The van der Waals surface area contributed by atoms with Gasteiger partial charge in [0.05, 0.1) is 11.7 Å². The van der Waals surface area contributed by atoms with Crippen molar-refractivity contribution in [2.45, 2.75) is 71.6 Å². The van der Waals surface area contributed by atoms with E-state index in [9.17, 15) is 0 Å². The molecule has 0 bridgehead atoms. The third-order valence-electron chi connectivity index (χ3n) is 4.03. The maximum atomic E-state index is 6.08. The molecule has 3 nitrogen and oxygen atoms in total. The molecule has 0 aromatic heterocycles. The minimum Gasteiger partial charge on any atom is -0.370 e. The lowest BCUT2D eigenvalue weighted by atomic mass is 9.88. The minimum absolute atomic E-state index is 0.0636. The molecule has 108 valence electrons. The number of hydrogen-bond acceptors (Lipinski definition) is 3. The monoisotopic (exact) mass is 256 g/mol. The van der Waals surface area contributed by atoms with Gasteiger partial charge in [0, 0.05) is 25.2 Å². The summed E-state index contributed by atoms with van der Waals surface area (Å²) in [5.41, 5.74) is 6.12. The molecule has 0 aliphatic carbocycles. The molecule has 0 aromatic rings. The molecule has 2 unspecified atom stereocenters. The highest BCUT2D eigenvalue weighted by molar-refractivity contribution is 4.94. The second-order valence-corrected chi connectivity index (χ2v) is 7.20. The topological polar surface area (TPSA) is 38.5 Å². The molecule has 18 heavy (non-hydrogen) atoms. The highest BCUT2D eigenvalue weighted by atomic mass is 16.5. The van der Waals surface area contributed by atoms with E-state index in [4.69, 9.17) is 10.5 Å². The molecule has 1 heterocycles. The Morgan fingerprint density at radius 3 is 2.50 bits per heavy atom. The van der Waals surface area contributed by atoms with Crippen LogP contribution in [-0.2, 0) is 4.74 Å². The molecule has 1 fully saturated rings. The van der Waals surface area contributed by atoms with Gasteiger partial charge in [-0.1, -0.05) is 13.8 Å². The third-order valence-corrected chi connectivity index (χ3v) is 4.03. The van der Waals surface area contributed by atoms with E-state index < -0.39 is 0 Å². The van der Waals surface area contributed by atoms with Crippen LogP contribution in [0.25, 0.3) is 0 Å². The van der Waals surface area contributed by atoms with E-state index in [0.29, 0.717) is 6.10 Å². The molecule has 1 aliphatic heterocycles. The van der Waals surface area contributed by atoms with Gasteiger partial charge in [0.25, 0.3) is 0 Å². The van der Waals surface area contributed by atoms with E-state index in [2.05, 4.69) is 46.4 Å². The molecular formula is C15H32N2O. The number of ether oxygens (including phenoxy) is 1. The largest absolute Gasteiger partial charge is 0.370 e. The summed E-state index contributed by atoms with van der Waals surface area (Å²) < 4.78 is 5.99. The number of morpholine rings is 1. The normalized spacial score (nSPS) is 28.3. The van der Waals surface area contributed by atoms with Crippen molar-refractivity contribution in [1.82, 2.24) is 4.90 Å². The summed E-state index contributed by atoms with van der Waals surface area (Å²) in [6.45, 7) is 16.1. The van der Waals surface area contributed by atoms with E-state index in [1.165, 1.54) is 12.8 Å². The number of nitrogens with zero attached hydrogens (tertiary/aromatic N) is 1. The average molecular weight is 256 g/mol. The van der Waals surface area contributed by atoms with Crippen LogP contribution in [0.4, 0.5) is 0 Å². The second-order valence-electron chi connectivity index (χ2n) is 7.20. The maximum Gasteiger partial charge on any atom is 0.0757 e. The van der Waals surface area contributed by atoms with Crippen LogP contribution in [0, 0.1) is 5.92 Å². The van der Waals surface area contributed by atoms with Crippen LogP contribution < -0.4 is 5.73 Å². The summed E-state index contributed by atoms with van der Waals surface area (Å²) in [5.74, 6) is 0.738. The molecule has 2 N–H and O–H groups in total. The first kappa shape index (κ1) is 15.9. The van der Waals surface area contributed by atoms with E-state index in [0.717, 1.165) is 25.6 Å². The van der Waals surface area contributed by atoms with Gasteiger partial charge in [0.2, 0.25) is 0 Å². The quantitative estimate of drug-likeness (QED) is 0.822. The van der Waals surface area contributed by atoms with Crippen LogP contribution in [0.3, 0.4) is 0 Å². The van der Waals surface area contributed by atoms with Gasteiger partial charge in [-0.15, -0.1) is 0 Å². The van der Waals surface area contributed by atoms with Gasteiger partial charge < -0.3 is 10.5 Å². The van der Waals surface area contributed by atoms with Crippen LogP contribution in [0.1, 0.15) is 54.4 Å². The van der Waals surface area contributed by atoms with Crippen molar-refractivity contribution in [2.24, 2.45) is 11.7 Å². The molecule has 0 spiro atoms. The lowest BCUT2D eigenvalue weighted by molar-refractivity contribution is -0.151. The van der Waals surface area contributed by atoms with Crippen molar-refractivity contribution in [1.29, 1.82) is 0 Å². The Labute approximate surface area is 113 Å². The Kier molecular flexibility index (Phi) is 5.22. The molecule has 0 saturated carbocycles. The molecule has 0 aromatic carbocycles. The van der Waals surface area contributed by atoms with Crippen molar-refractivity contribution in [3.63, 3.8) is 0 Å². The lowest BCUT2D eigenvalue weighted by Crippen LogP contribution is -2.62. The van der Waals surface area contributed by atoms with Gasteiger partial charge in [-0.3, -0.25) is 4.90 Å². The van der Waals surface area contributed by atoms with Gasteiger partial charge in [-0.05, 0) is 46.5 Å². The highest BCUT2D eigenvalue weighted by Crippen LogP contribution is 2.30. The SMILES string of the molecule is CC(C)CCC(C)(CN)N1CC(C)OC(C)(C)C1. The van der Waals surface area contributed by atoms with E-state index in [-0.39, 0.29) is 11.1 Å². The molecule has 1 saturated heterocycles. The molecule has 2 atom stereocenters. The standard InChI is InChI=1S/C15H32N2O/c1-12(2)7-8-15(6,10-16)17-9-13(3)18-14(4,5)11-17/h12-13H,7-11,16H2,1-6H3. The van der Waals surface area contributed by atoms with Crippen molar-refractivity contribution >= 4 is 0 Å². The lowest BCUT2D eigenvalue weighted by Gasteiger charge is -2.50. The average Bonchev–Trinajstić information content (AvgIpc) is 2.23. The Bertz CT molecular complexity index is 265. The molecule has 0 radical (unpaired) electrons. The smallest absolute Gasteiger partial charge is 0.0757 e. The fraction of sp³-hybridized carbons (Fsp3) is 1.00. The zero-order chi connectivity index (χ0) is 14.0. The summed E-state index contributed by atoms with van der Waals surface area (Å²) in [6.07, 6.45) is 2.70. The Hall–Kier alpha value is -0.120. The molecule has 0 amide bonds. The molecular weight excluding hydrogens is 224 g/mol. The van der Waals surface area contributed by atoms with Gasteiger partial charge in [0.1, 0.15) is 0 Å². The molecule has 3 heteroatoms. The first-order valence-electron chi connectivity index (χ1n) is 7.31. The van der Waals surface area contributed by atoms with Crippen LogP contribution in [0.15, 0.2) is 0 Å². The van der Waals surface area contributed by atoms with Gasteiger partial charge >= 0.3 is 0 Å². The van der Waals surface area contributed by atoms with Crippen molar-refractivity contribution in [3.05, 3.63) is 0 Å². The van der Waals surface area contributed by atoms with Crippen molar-refractivity contribution in [2.75, 3.05) is 19.6 Å². The summed E-state index contributed by atoms with van der Waals surface area (Å²) in [5, 5.41) is 0. The molecule has 1 aliphatic rings. The number of hydrogen-bond donors (Lipinski definition) is 1. The van der Waals surface area contributed by atoms with Crippen molar-refractivity contribution < 1.29 is 4.74 Å². The van der Waals surface area contributed by atoms with Gasteiger partial charge in [-0.25, -0.2) is 0 Å². The second kappa shape index (κ2) is 5.89. The summed E-state index contributed by atoms with van der Waals surface area (Å²) in [4.78, 5) is 2.55. The Morgan fingerprint density at radius 1 is 1.44 bits per heavy atom. The predicted octanol–water partition coefficient (Wildman–Crippen LogP) is 2.64.